The van der Waals surface area contributed by atoms with Crippen LogP contribution in [0, 0.1) is 12.8 Å². The third-order valence-electron chi connectivity index (χ3n) is 2.76. The van der Waals surface area contributed by atoms with E-state index in [1.54, 1.807) is 0 Å². The molecule has 1 aliphatic rings. The molecule has 1 aromatic heterocycles. The Hall–Kier alpha value is -0.830. The molecule has 3 heteroatoms. The van der Waals surface area contributed by atoms with Gasteiger partial charge in [0, 0.05) is 18.0 Å². The first-order chi connectivity index (χ1) is 5.70. The molecule has 1 aromatic rings. The zero-order valence-electron chi connectivity index (χ0n) is 7.50. The smallest absolute Gasteiger partial charge is 0.141 e. The van der Waals surface area contributed by atoms with Crippen LogP contribution in [0.25, 0.3) is 0 Å². The minimum absolute atomic E-state index is 0.125. The maximum absolute atomic E-state index is 6.04. The van der Waals surface area contributed by atoms with E-state index in [0.717, 1.165) is 29.9 Å². The van der Waals surface area contributed by atoms with Crippen LogP contribution >= 0.6 is 0 Å². The van der Waals surface area contributed by atoms with Gasteiger partial charge in [0.15, 0.2) is 0 Å². The first kappa shape index (κ1) is 7.80. The van der Waals surface area contributed by atoms with Crippen LogP contribution < -0.4 is 5.73 Å². The lowest BCUT2D eigenvalue weighted by Gasteiger charge is -2.24. The monoisotopic (exact) mass is 166 g/mol. The van der Waals surface area contributed by atoms with Crippen LogP contribution in [-0.2, 0) is 6.42 Å². The van der Waals surface area contributed by atoms with E-state index in [4.69, 9.17) is 10.3 Å². The molecule has 2 atom stereocenters. The lowest BCUT2D eigenvalue weighted by Crippen LogP contribution is -2.24. The lowest BCUT2D eigenvalue weighted by atomic mass is 9.84. The van der Waals surface area contributed by atoms with Gasteiger partial charge in [0.25, 0.3) is 0 Å². The predicted octanol–water partition coefficient (Wildman–Crippen LogP) is 1.57. The molecule has 0 spiro atoms. The first-order valence-electron chi connectivity index (χ1n) is 4.40. The number of aromatic nitrogens is 1. The molecule has 2 unspecified atom stereocenters. The molecular formula is C9H14N2O. The number of hydrogen-bond acceptors (Lipinski definition) is 3. The summed E-state index contributed by atoms with van der Waals surface area (Å²) in [5.41, 5.74) is 8.14. The molecule has 1 heterocycles. The summed E-state index contributed by atoms with van der Waals surface area (Å²) < 4.78 is 5.18. The molecule has 0 radical (unpaired) electrons. The van der Waals surface area contributed by atoms with Gasteiger partial charge in [-0.3, -0.25) is 0 Å². The van der Waals surface area contributed by atoms with Gasteiger partial charge < -0.3 is 10.3 Å². The topological polar surface area (TPSA) is 52.0 Å². The van der Waals surface area contributed by atoms with Crippen LogP contribution in [0.3, 0.4) is 0 Å². The summed E-state index contributed by atoms with van der Waals surface area (Å²) in [6, 6.07) is 0.125. The Morgan fingerprint density at radius 2 is 2.33 bits per heavy atom. The molecule has 2 rings (SSSR count). The van der Waals surface area contributed by atoms with E-state index in [1.165, 1.54) is 0 Å². The summed E-state index contributed by atoms with van der Waals surface area (Å²) in [5, 5.41) is 3.93. The maximum Gasteiger partial charge on any atom is 0.141 e. The van der Waals surface area contributed by atoms with Crippen molar-refractivity contribution in [3.8, 4) is 0 Å². The predicted molar refractivity (Wildman–Crippen MR) is 45.7 cm³/mol. The number of nitrogens with zero attached hydrogens (tertiary/aromatic N) is 1. The zero-order valence-corrected chi connectivity index (χ0v) is 7.50. The van der Waals surface area contributed by atoms with E-state index >= 15 is 0 Å². The van der Waals surface area contributed by atoms with Gasteiger partial charge in [0.05, 0.1) is 5.69 Å². The van der Waals surface area contributed by atoms with Crippen LogP contribution in [0.1, 0.15) is 36.4 Å². The summed E-state index contributed by atoms with van der Waals surface area (Å²) in [7, 11) is 0. The summed E-state index contributed by atoms with van der Waals surface area (Å²) in [6.07, 6.45) is 2.10. The number of aryl methyl sites for hydroxylation is 2. The highest BCUT2D eigenvalue weighted by atomic mass is 16.5. The highest BCUT2D eigenvalue weighted by Gasteiger charge is 2.28. The van der Waals surface area contributed by atoms with Crippen molar-refractivity contribution in [1.82, 2.24) is 5.16 Å². The Labute approximate surface area is 71.9 Å². The molecule has 2 N–H and O–H groups in total. The second-order valence-electron chi connectivity index (χ2n) is 3.65. The maximum atomic E-state index is 6.04. The number of nitrogens with two attached hydrogens (primary N) is 1. The van der Waals surface area contributed by atoms with E-state index in [0.29, 0.717) is 5.92 Å². The van der Waals surface area contributed by atoms with Crippen molar-refractivity contribution in [2.24, 2.45) is 11.7 Å². The van der Waals surface area contributed by atoms with Gasteiger partial charge >= 0.3 is 0 Å². The average Bonchev–Trinajstić information content (AvgIpc) is 2.41. The molecule has 0 amide bonds. The van der Waals surface area contributed by atoms with Gasteiger partial charge in [-0.15, -0.1) is 0 Å². The van der Waals surface area contributed by atoms with E-state index in [1.807, 2.05) is 6.92 Å². The van der Waals surface area contributed by atoms with E-state index in [-0.39, 0.29) is 6.04 Å². The molecule has 0 bridgehead atoms. The summed E-state index contributed by atoms with van der Waals surface area (Å²) in [4.78, 5) is 0. The Morgan fingerprint density at radius 3 is 3.08 bits per heavy atom. The van der Waals surface area contributed by atoms with Gasteiger partial charge in [0.2, 0.25) is 0 Å². The van der Waals surface area contributed by atoms with E-state index < -0.39 is 0 Å². The van der Waals surface area contributed by atoms with Crippen molar-refractivity contribution >= 4 is 0 Å². The van der Waals surface area contributed by atoms with Gasteiger partial charge in [-0.1, -0.05) is 12.1 Å². The van der Waals surface area contributed by atoms with Gasteiger partial charge in [-0.25, -0.2) is 0 Å². The van der Waals surface area contributed by atoms with Crippen molar-refractivity contribution in [3.05, 3.63) is 17.0 Å². The molecule has 1 aliphatic carbocycles. The molecular weight excluding hydrogens is 152 g/mol. The molecule has 0 aliphatic heterocycles. The van der Waals surface area contributed by atoms with E-state index in [9.17, 15) is 0 Å². The zero-order chi connectivity index (χ0) is 8.72. The molecule has 0 saturated heterocycles. The van der Waals surface area contributed by atoms with Crippen molar-refractivity contribution in [2.45, 2.75) is 32.7 Å². The van der Waals surface area contributed by atoms with Crippen molar-refractivity contribution in [1.29, 1.82) is 0 Å². The highest BCUT2D eigenvalue weighted by molar-refractivity contribution is 5.28. The van der Waals surface area contributed by atoms with Gasteiger partial charge in [-0.05, 0) is 19.3 Å². The van der Waals surface area contributed by atoms with Crippen molar-refractivity contribution in [3.63, 3.8) is 0 Å². The molecule has 12 heavy (non-hydrogen) atoms. The van der Waals surface area contributed by atoms with Gasteiger partial charge in [0.1, 0.15) is 5.76 Å². The minimum atomic E-state index is 0.125. The normalized spacial score (nSPS) is 28.6. The van der Waals surface area contributed by atoms with Crippen molar-refractivity contribution < 1.29 is 4.52 Å². The van der Waals surface area contributed by atoms with Gasteiger partial charge in [-0.2, -0.15) is 0 Å². The largest absolute Gasteiger partial charge is 0.361 e. The Bertz CT molecular complexity index is 293. The van der Waals surface area contributed by atoms with Crippen LogP contribution in [0.5, 0.6) is 0 Å². The minimum Gasteiger partial charge on any atom is -0.361 e. The van der Waals surface area contributed by atoms with Crippen LogP contribution in [-0.4, -0.2) is 5.16 Å². The Kier molecular flexibility index (Phi) is 1.68. The SMILES string of the molecule is Cc1noc2c1C(N)C(C)CC2. The van der Waals surface area contributed by atoms with Crippen LogP contribution in [0.2, 0.25) is 0 Å². The molecule has 3 nitrogen and oxygen atoms in total. The molecule has 0 saturated carbocycles. The molecule has 66 valence electrons. The summed E-state index contributed by atoms with van der Waals surface area (Å²) in [6.45, 7) is 4.14. The number of hydrogen-bond donors (Lipinski definition) is 1. The summed E-state index contributed by atoms with van der Waals surface area (Å²) >= 11 is 0. The fourth-order valence-electron chi connectivity index (χ4n) is 1.85. The second kappa shape index (κ2) is 2.59. The Morgan fingerprint density at radius 1 is 1.58 bits per heavy atom. The molecule has 0 fully saturated rings. The summed E-state index contributed by atoms with van der Waals surface area (Å²) in [5.74, 6) is 1.55. The van der Waals surface area contributed by atoms with Crippen LogP contribution in [0.4, 0.5) is 0 Å². The first-order valence-corrected chi connectivity index (χ1v) is 4.40. The molecule has 0 aromatic carbocycles. The standard InChI is InChI=1S/C9H14N2O/c1-5-3-4-7-8(9(5)10)6(2)11-12-7/h5,9H,3-4,10H2,1-2H3. The fourth-order valence-corrected chi connectivity index (χ4v) is 1.85. The van der Waals surface area contributed by atoms with Crippen LogP contribution in [0.15, 0.2) is 4.52 Å². The third-order valence-corrected chi connectivity index (χ3v) is 2.76. The van der Waals surface area contributed by atoms with E-state index in [2.05, 4.69) is 12.1 Å². The quantitative estimate of drug-likeness (QED) is 0.636. The number of fused-ring (bicyclic) bond motifs is 1. The second-order valence-corrected chi connectivity index (χ2v) is 3.65. The van der Waals surface area contributed by atoms with Crippen molar-refractivity contribution in [2.75, 3.05) is 0 Å². The fraction of sp³-hybridized carbons (Fsp3) is 0.667. The third kappa shape index (κ3) is 0.966. The lowest BCUT2D eigenvalue weighted by molar-refractivity contribution is 0.333. The average molecular weight is 166 g/mol. The number of rotatable bonds is 0. The Balaban J connectivity index is 2.45. The highest BCUT2D eigenvalue weighted by Crippen LogP contribution is 2.34.